The lowest BCUT2D eigenvalue weighted by molar-refractivity contribution is 0.292. The highest BCUT2D eigenvalue weighted by atomic mass is 31.1. The van der Waals surface area contributed by atoms with E-state index in [4.69, 9.17) is 24.8 Å². The molecule has 0 aromatic rings. The van der Waals surface area contributed by atoms with Crippen molar-refractivity contribution in [3.63, 3.8) is 0 Å². The van der Waals surface area contributed by atoms with Gasteiger partial charge in [0.25, 0.3) is 0 Å². The molecule has 0 saturated heterocycles. The van der Waals surface area contributed by atoms with Crippen molar-refractivity contribution in [3.05, 3.63) is 0 Å². The Labute approximate surface area is 99.5 Å². The molecule has 0 unspecified atom stereocenters. The fraction of sp³-hybridized carbons (Fsp3) is 1.00. The van der Waals surface area contributed by atoms with Gasteiger partial charge in [0.1, 0.15) is 0 Å². The Balaban J connectivity index is 0. The zero-order valence-electron chi connectivity index (χ0n) is 9.51. The molecule has 0 amide bonds. The van der Waals surface area contributed by atoms with Crippen LogP contribution in [-0.4, -0.2) is 58.5 Å². The second kappa shape index (κ2) is 17.8. The van der Waals surface area contributed by atoms with E-state index < -0.39 is 16.6 Å². The van der Waals surface area contributed by atoms with Gasteiger partial charge in [0.2, 0.25) is 0 Å². The summed E-state index contributed by atoms with van der Waals surface area (Å²) in [5.41, 5.74) is 0. The second-order valence-corrected chi connectivity index (χ2v) is 6.48. The maximum absolute atomic E-state index is 8.68. The number of aliphatic hydroxyl groups excluding tert-OH is 3. The molecule has 0 saturated carbocycles. The third kappa shape index (κ3) is 16.8. The lowest BCUT2D eigenvalue weighted by Crippen LogP contribution is -2.00. The van der Waals surface area contributed by atoms with Crippen LogP contribution in [0.25, 0.3) is 0 Å². The average Bonchev–Trinajstić information content (AvgIpc) is 2.29. The Morgan fingerprint density at radius 3 is 1.25 bits per heavy atom. The van der Waals surface area contributed by atoms with Gasteiger partial charge in [-0.05, 0) is 0 Å². The summed E-state index contributed by atoms with van der Waals surface area (Å²) in [6.07, 6.45) is 5.98. The van der Waals surface area contributed by atoms with Crippen LogP contribution in [-0.2, 0) is 4.57 Å². The summed E-state index contributed by atoms with van der Waals surface area (Å²) < 4.78 is 8.46. The van der Waals surface area contributed by atoms with Gasteiger partial charge in [-0.25, -0.2) is 4.57 Å². The molecule has 0 radical (unpaired) electrons. The molecule has 0 aliphatic heterocycles. The van der Waals surface area contributed by atoms with Crippen LogP contribution in [0.1, 0.15) is 19.3 Å². The molecular weight excluding hydrogens is 250 g/mol. The quantitative estimate of drug-likeness (QED) is 0.459. The van der Waals surface area contributed by atoms with Crippen LogP contribution >= 0.6 is 16.6 Å². The summed E-state index contributed by atoms with van der Waals surface area (Å²) in [5.74, 6) is 0. The van der Waals surface area contributed by atoms with Crippen molar-refractivity contribution >= 4 is 16.6 Å². The third-order valence-electron chi connectivity index (χ3n) is 2.07. The van der Waals surface area contributed by atoms with E-state index in [1.807, 2.05) is 0 Å². The minimum atomic E-state index is -0.833. The van der Waals surface area contributed by atoms with Crippen LogP contribution < -0.4 is 0 Å². The number of rotatable bonds is 9. The van der Waals surface area contributed by atoms with Gasteiger partial charge in [-0.1, -0.05) is 0 Å². The maximum Gasteiger partial charge on any atom is 0.324 e. The zero-order valence-corrected chi connectivity index (χ0v) is 11.4. The largest absolute Gasteiger partial charge is 0.396 e. The summed E-state index contributed by atoms with van der Waals surface area (Å²) in [6, 6.07) is 0. The minimum Gasteiger partial charge on any atom is -0.396 e. The standard InChI is InChI=1S/C9H21O3P.HO2P/c10-4-1-7-13(8-2-5-11)9-3-6-12;1-3-2/h10-12H,1-9H2;(H,1,2)/p+1. The topological polar surface area (TPSA) is 98.0 Å². The Bertz CT molecular complexity index is 118. The molecular formula is C9H23O5P2+. The van der Waals surface area contributed by atoms with E-state index in [2.05, 4.69) is 0 Å². The van der Waals surface area contributed by atoms with Crippen molar-refractivity contribution in [1.29, 1.82) is 0 Å². The van der Waals surface area contributed by atoms with Crippen LogP contribution in [0.2, 0.25) is 0 Å². The molecule has 7 heteroatoms. The Hall–Kier alpha value is 0.370. The normalized spacial score (nSPS) is 10.3. The van der Waals surface area contributed by atoms with Crippen molar-refractivity contribution in [2.24, 2.45) is 0 Å². The monoisotopic (exact) mass is 273 g/mol. The summed E-state index contributed by atoms with van der Waals surface area (Å²) in [7, 11) is -1.25. The lowest BCUT2D eigenvalue weighted by atomic mass is 10.5. The van der Waals surface area contributed by atoms with E-state index in [-0.39, 0.29) is 19.8 Å². The smallest absolute Gasteiger partial charge is 0.324 e. The average molecular weight is 273 g/mol. The molecule has 0 aromatic heterocycles. The van der Waals surface area contributed by atoms with E-state index in [9.17, 15) is 0 Å². The van der Waals surface area contributed by atoms with Crippen LogP contribution in [0.4, 0.5) is 0 Å². The van der Waals surface area contributed by atoms with Gasteiger partial charge in [-0.15, -0.1) is 0 Å². The fourth-order valence-electron chi connectivity index (χ4n) is 1.36. The summed E-state index contributed by atoms with van der Waals surface area (Å²) in [5, 5.41) is 26.1. The van der Waals surface area contributed by atoms with Gasteiger partial charge in [0.05, 0.1) is 18.5 Å². The second-order valence-electron chi connectivity index (χ2n) is 3.31. The molecule has 98 valence electrons. The van der Waals surface area contributed by atoms with E-state index in [0.29, 0.717) is 0 Å². The van der Waals surface area contributed by atoms with Gasteiger partial charge < -0.3 is 20.2 Å². The van der Waals surface area contributed by atoms with E-state index in [1.54, 1.807) is 0 Å². The van der Waals surface area contributed by atoms with Crippen molar-refractivity contribution in [3.8, 4) is 0 Å². The fourth-order valence-corrected chi connectivity index (χ4v) is 4.09. The molecule has 16 heavy (non-hydrogen) atoms. The predicted octanol–water partition coefficient (Wildman–Crippen LogP) is 0.533. The molecule has 0 bridgehead atoms. The molecule has 4 N–H and O–H groups in total. The van der Waals surface area contributed by atoms with E-state index in [1.165, 1.54) is 0 Å². The molecule has 0 heterocycles. The molecule has 0 aliphatic carbocycles. The van der Waals surface area contributed by atoms with Crippen LogP contribution in [0.15, 0.2) is 0 Å². The first-order chi connectivity index (χ1) is 7.76. The highest BCUT2D eigenvalue weighted by molar-refractivity contribution is 7.57. The van der Waals surface area contributed by atoms with Crippen molar-refractivity contribution in [2.75, 3.05) is 38.3 Å². The molecule has 0 atom stereocenters. The van der Waals surface area contributed by atoms with Gasteiger partial charge in [-0.3, -0.25) is 0 Å². The van der Waals surface area contributed by atoms with Crippen molar-refractivity contribution in [2.45, 2.75) is 19.3 Å². The predicted molar refractivity (Wildman–Crippen MR) is 67.8 cm³/mol. The zero-order chi connectivity index (χ0) is 12.6. The SMILES string of the molecule is O=PO.OCCC[PH+](CCCO)CCCO. The number of hydrogen-bond acceptors (Lipinski definition) is 4. The molecule has 5 nitrogen and oxygen atoms in total. The number of hydrogen-bond donors (Lipinski definition) is 4. The van der Waals surface area contributed by atoms with Crippen LogP contribution in [0.5, 0.6) is 0 Å². The Kier molecular flexibility index (Phi) is 20.8. The Morgan fingerprint density at radius 1 is 0.812 bits per heavy atom. The van der Waals surface area contributed by atoms with Gasteiger partial charge in [0.15, 0.2) is 0 Å². The summed E-state index contributed by atoms with van der Waals surface area (Å²) in [6.45, 7) is 0.811. The number of aliphatic hydroxyl groups is 3. The highest BCUT2D eigenvalue weighted by Gasteiger charge is 2.13. The maximum atomic E-state index is 8.68. The molecule has 0 aromatic carbocycles. The lowest BCUT2D eigenvalue weighted by Gasteiger charge is -2.08. The van der Waals surface area contributed by atoms with E-state index >= 15 is 0 Å². The summed E-state index contributed by atoms with van der Waals surface area (Å²) in [4.78, 5) is 6.99. The third-order valence-corrected chi connectivity index (χ3v) is 5.25. The molecule has 0 aliphatic rings. The summed E-state index contributed by atoms with van der Waals surface area (Å²) >= 11 is 0. The van der Waals surface area contributed by atoms with Crippen molar-refractivity contribution < 1.29 is 24.8 Å². The first-order valence-corrected chi connectivity index (χ1v) is 8.28. The van der Waals surface area contributed by atoms with Gasteiger partial charge in [-0.2, -0.15) is 0 Å². The minimum absolute atomic E-state index is 0.270. The van der Waals surface area contributed by atoms with Crippen molar-refractivity contribution in [1.82, 2.24) is 0 Å². The molecule has 0 fully saturated rings. The first-order valence-electron chi connectivity index (χ1n) is 5.39. The first kappa shape index (κ1) is 18.7. The van der Waals surface area contributed by atoms with Gasteiger partial charge in [0, 0.05) is 47.0 Å². The van der Waals surface area contributed by atoms with Crippen LogP contribution in [0.3, 0.4) is 0 Å². The van der Waals surface area contributed by atoms with Gasteiger partial charge >= 0.3 is 8.69 Å². The molecule has 0 spiro atoms. The van der Waals surface area contributed by atoms with E-state index in [0.717, 1.165) is 37.7 Å². The Morgan fingerprint density at radius 2 is 1.06 bits per heavy atom. The molecule has 0 rings (SSSR count). The highest BCUT2D eigenvalue weighted by Crippen LogP contribution is 2.37. The van der Waals surface area contributed by atoms with Crippen LogP contribution in [0, 0.1) is 0 Å².